The molecule has 3 heteroatoms. The third-order valence-corrected chi connectivity index (χ3v) is 3.78. The van der Waals surface area contributed by atoms with Crippen LogP contribution in [0.4, 0.5) is 0 Å². The van der Waals surface area contributed by atoms with Crippen molar-refractivity contribution in [2.24, 2.45) is 5.92 Å². The van der Waals surface area contributed by atoms with E-state index in [1.807, 2.05) is 0 Å². The molecule has 1 atom stereocenters. The van der Waals surface area contributed by atoms with Crippen LogP contribution in [-0.4, -0.2) is 36.5 Å². The summed E-state index contributed by atoms with van der Waals surface area (Å²) >= 11 is 0. The molecule has 3 nitrogen and oxygen atoms in total. The van der Waals surface area contributed by atoms with Crippen LogP contribution in [0.25, 0.3) is 0 Å². The molecular weight excluding hydrogens is 200 g/mol. The number of ether oxygens (including phenoxy) is 1. The van der Waals surface area contributed by atoms with E-state index in [1.54, 1.807) is 0 Å². The van der Waals surface area contributed by atoms with Crippen molar-refractivity contribution >= 4 is 5.84 Å². The van der Waals surface area contributed by atoms with Gasteiger partial charge in [0.15, 0.2) is 0 Å². The highest BCUT2D eigenvalue weighted by Gasteiger charge is 2.24. The number of nitrogens with one attached hydrogen (secondary N) is 1. The van der Waals surface area contributed by atoms with Crippen LogP contribution >= 0.6 is 0 Å². The zero-order valence-electron chi connectivity index (χ0n) is 10.4. The fourth-order valence-corrected chi connectivity index (χ4v) is 2.85. The number of rotatable bonds is 1. The van der Waals surface area contributed by atoms with Gasteiger partial charge in [0.2, 0.25) is 0 Å². The van der Waals surface area contributed by atoms with Crippen molar-refractivity contribution in [1.82, 2.24) is 4.90 Å². The molecule has 16 heavy (non-hydrogen) atoms. The standard InChI is InChI=1S/C13H24N2O/c1-11-10-15(8-5-9-16-11)13(14)12-6-3-2-4-7-12/h11-12,14H,2-10H2,1H3. The highest BCUT2D eigenvalue weighted by Crippen LogP contribution is 2.26. The van der Waals surface area contributed by atoms with Crippen molar-refractivity contribution in [3.63, 3.8) is 0 Å². The zero-order chi connectivity index (χ0) is 11.4. The van der Waals surface area contributed by atoms with Gasteiger partial charge < -0.3 is 9.64 Å². The van der Waals surface area contributed by atoms with Crippen molar-refractivity contribution in [2.45, 2.75) is 51.6 Å². The highest BCUT2D eigenvalue weighted by molar-refractivity contribution is 5.81. The fraction of sp³-hybridized carbons (Fsp3) is 0.923. The Morgan fingerprint density at radius 2 is 1.94 bits per heavy atom. The Kier molecular flexibility index (Phi) is 4.22. The summed E-state index contributed by atoms with van der Waals surface area (Å²) in [4.78, 5) is 2.26. The van der Waals surface area contributed by atoms with Crippen molar-refractivity contribution < 1.29 is 4.74 Å². The maximum atomic E-state index is 8.34. The van der Waals surface area contributed by atoms with E-state index in [-0.39, 0.29) is 6.10 Å². The summed E-state index contributed by atoms with van der Waals surface area (Å²) in [5.41, 5.74) is 0. The molecule has 1 saturated heterocycles. The first-order valence-electron chi connectivity index (χ1n) is 6.72. The lowest BCUT2D eigenvalue weighted by atomic mass is 9.88. The van der Waals surface area contributed by atoms with Gasteiger partial charge in [-0.25, -0.2) is 0 Å². The van der Waals surface area contributed by atoms with Gasteiger partial charge in [-0.2, -0.15) is 0 Å². The molecule has 0 aromatic carbocycles. The summed E-state index contributed by atoms with van der Waals surface area (Å²) in [6.07, 6.45) is 7.80. The molecule has 0 amide bonds. The van der Waals surface area contributed by atoms with E-state index in [0.29, 0.717) is 5.92 Å². The van der Waals surface area contributed by atoms with E-state index in [1.165, 1.54) is 32.1 Å². The lowest BCUT2D eigenvalue weighted by molar-refractivity contribution is 0.0737. The van der Waals surface area contributed by atoms with Gasteiger partial charge in [0.05, 0.1) is 11.9 Å². The lowest BCUT2D eigenvalue weighted by Gasteiger charge is -2.31. The fourth-order valence-electron chi connectivity index (χ4n) is 2.85. The quantitative estimate of drug-likeness (QED) is 0.549. The van der Waals surface area contributed by atoms with Gasteiger partial charge in [0.25, 0.3) is 0 Å². The van der Waals surface area contributed by atoms with Gasteiger partial charge in [0, 0.05) is 25.6 Å². The first-order valence-corrected chi connectivity index (χ1v) is 6.72. The topological polar surface area (TPSA) is 36.3 Å². The summed E-state index contributed by atoms with van der Waals surface area (Å²) < 4.78 is 5.63. The van der Waals surface area contributed by atoms with Crippen LogP contribution < -0.4 is 0 Å². The molecule has 1 unspecified atom stereocenters. The molecule has 2 fully saturated rings. The Bertz CT molecular complexity index is 236. The molecule has 1 N–H and O–H groups in total. The molecule has 0 aromatic heterocycles. The van der Waals surface area contributed by atoms with Gasteiger partial charge in [0.1, 0.15) is 0 Å². The number of hydrogen-bond donors (Lipinski definition) is 1. The number of nitrogens with zero attached hydrogens (tertiary/aromatic N) is 1. The van der Waals surface area contributed by atoms with Gasteiger partial charge in [-0.05, 0) is 26.2 Å². The van der Waals surface area contributed by atoms with E-state index < -0.39 is 0 Å². The monoisotopic (exact) mass is 224 g/mol. The highest BCUT2D eigenvalue weighted by atomic mass is 16.5. The van der Waals surface area contributed by atoms with Crippen LogP contribution in [0, 0.1) is 11.3 Å². The summed E-state index contributed by atoms with van der Waals surface area (Å²) in [5.74, 6) is 1.41. The smallest absolute Gasteiger partial charge is 0.0990 e. The molecule has 1 saturated carbocycles. The van der Waals surface area contributed by atoms with Crippen molar-refractivity contribution in [3.8, 4) is 0 Å². The molecule has 92 valence electrons. The van der Waals surface area contributed by atoms with E-state index in [9.17, 15) is 0 Å². The Balaban J connectivity index is 1.91. The van der Waals surface area contributed by atoms with Crippen LogP contribution in [0.2, 0.25) is 0 Å². The van der Waals surface area contributed by atoms with E-state index in [4.69, 9.17) is 10.1 Å². The number of amidine groups is 1. The summed E-state index contributed by atoms with van der Waals surface area (Å²) in [6, 6.07) is 0. The predicted molar refractivity (Wildman–Crippen MR) is 65.9 cm³/mol. The minimum absolute atomic E-state index is 0.284. The van der Waals surface area contributed by atoms with Crippen LogP contribution in [0.3, 0.4) is 0 Å². The van der Waals surface area contributed by atoms with Crippen molar-refractivity contribution in [3.05, 3.63) is 0 Å². The van der Waals surface area contributed by atoms with Crippen LogP contribution in [0.15, 0.2) is 0 Å². The molecule has 1 heterocycles. The van der Waals surface area contributed by atoms with Crippen molar-refractivity contribution in [2.75, 3.05) is 19.7 Å². The Morgan fingerprint density at radius 1 is 1.19 bits per heavy atom. The van der Waals surface area contributed by atoms with E-state index in [0.717, 1.165) is 32.0 Å². The Hall–Kier alpha value is -0.570. The van der Waals surface area contributed by atoms with Gasteiger partial charge in [-0.15, -0.1) is 0 Å². The van der Waals surface area contributed by atoms with Crippen LogP contribution in [-0.2, 0) is 4.74 Å². The first-order chi connectivity index (χ1) is 7.77. The molecule has 0 bridgehead atoms. The minimum Gasteiger partial charge on any atom is -0.377 e. The summed E-state index contributed by atoms with van der Waals surface area (Å²) in [6.45, 7) is 4.90. The lowest BCUT2D eigenvalue weighted by Crippen LogP contribution is -2.40. The maximum Gasteiger partial charge on any atom is 0.0990 e. The summed E-state index contributed by atoms with van der Waals surface area (Å²) in [7, 11) is 0. The zero-order valence-corrected chi connectivity index (χ0v) is 10.4. The second-order valence-electron chi connectivity index (χ2n) is 5.20. The Labute approximate surface area is 98.7 Å². The average Bonchev–Trinajstić information content (AvgIpc) is 2.54. The molecule has 1 aliphatic carbocycles. The second kappa shape index (κ2) is 5.67. The van der Waals surface area contributed by atoms with E-state index >= 15 is 0 Å². The molecule has 2 aliphatic rings. The maximum absolute atomic E-state index is 8.34. The second-order valence-corrected chi connectivity index (χ2v) is 5.20. The van der Waals surface area contributed by atoms with Gasteiger partial charge in [-0.1, -0.05) is 19.3 Å². The summed E-state index contributed by atoms with van der Waals surface area (Å²) in [5, 5.41) is 8.34. The molecular formula is C13H24N2O. The van der Waals surface area contributed by atoms with Crippen molar-refractivity contribution in [1.29, 1.82) is 5.41 Å². The first kappa shape index (κ1) is 11.9. The number of hydrogen-bond acceptors (Lipinski definition) is 2. The SMILES string of the molecule is CC1CN(C(=N)C2CCCCC2)CCCO1. The van der Waals surface area contributed by atoms with Crippen LogP contribution in [0.1, 0.15) is 45.4 Å². The third-order valence-electron chi connectivity index (χ3n) is 3.78. The normalized spacial score (nSPS) is 28.8. The largest absolute Gasteiger partial charge is 0.377 e. The molecule has 2 rings (SSSR count). The molecule has 0 spiro atoms. The van der Waals surface area contributed by atoms with Crippen LogP contribution in [0.5, 0.6) is 0 Å². The Morgan fingerprint density at radius 3 is 2.69 bits per heavy atom. The predicted octanol–water partition coefficient (Wildman–Crippen LogP) is 2.65. The third kappa shape index (κ3) is 2.97. The minimum atomic E-state index is 0.284. The van der Waals surface area contributed by atoms with E-state index in [2.05, 4.69) is 11.8 Å². The average molecular weight is 224 g/mol. The van der Waals surface area contributed by atoms with Gasteiger partial charge >= 0.3 is 0 Å². The molecule has 1 aliphatic heterocycles. The molecule has 0 radical (unpaired) electrons. The molecule has 0 aromatic rings. The van der Waals surface area contributed by atoms with Gasteiger partial charge in [-0.3, -0.25) is 5.41 Å².